The fourth-order valence-corrected chi connectivity index (χ4v) is 4.01. The van der Waals surface area contributed by atoms with Gasteiger partial charge in [0.2, 0.25) is 0 Å². The second kappa shape index (κ2) is 6.37. The third kappa shape index (κ3) is 3.07. The molecule has 0 aromatic heterocycles. The number of hydrogen-bond donors (Lipinski definition) is 2. The molecular formula is C13H18Br2N2O. The summed E-state index contributed by atoms with van der Waals surface area (Å²) in [5.41, 5.74) is 1.00. The van der Waals surface area contributed by atoms with Crippen LogP contribution >= 0.6 is 31.9 Å². The zero-order valence-corrected chi connectivity index (χ0v) is 13.6. The van der Waals surface area contributed by atoms with Crippen LogP contribution in [0.25, 0.3) is 0 Å². The van der Waals surface area contributed by atoms with Crippen LogP contribution in [0, 0.1) is 0 Å². The van der Waals surface area contributed by atoms with Crippen molar-refractivity contribution in [1.82, 2.24) is 10.2 Å². The van der Waals surface area contributed by atoms with Gasteiger partial charge in [0.1, 0.15) is 5.75 Å². The molecule has 2 rings (SSSR count). The quantitative estimate of drug-likeness (QED) is 0.848. The van der Waals surface area contributed by atoms with E-state index in [0.29, 0.717) is 5.75 Å². The molecule has 1 aromatic carbocycles. The topological polar surface area (TPSA) is 35.5 Å². The van der Waals surface area contributed by atoms with Crippen LogP contribution in [0.3, 0.4) is 0 Å². The third-order valence-corrected chi connectivity index (χ3v) is 4.50. The molecule has 0 radical (unpaired) electrons. The Morgan fingerprint density at radius 3 is 2.56 bits per heavy atom. The Bertz CT molecular complexity index is 396. The van der Waals surface area contributed by atoms with E-state index in [0.717, 1.165) is 47.1 Å². The summed E-state index contributed by atoms with van der Waals surface area (Å²) >= 11 is 6.97. The predicted octanol–water partition coefficient (Wildman–Crippen LogP) is 3.27. The maximum atomic E-state index is 10.2. The summed E-state index contributed by atoms with van der Waals surface area (Å²) in [6, 6.07) is 4.04. The second-order valence-electron chi connectivity index (χ2n) is 4.53. The third-order valence-electron chi connectivity index (χ3n) is 3.38. The standard InChI is InChI=1S/C13H18Br2N2O/c1-2-11(17-5-3-16-4-6-17)13-10(15)7-9(14)8-12(13)18/h7-8,11,16,18H,2-6H2,1H3/t11-/m0/s1. The van der Waals surface area contributed by atoms with Gasteiger partial charge in [0.05, 0.1) is 0 Å². The molecule has 0 unspecified atom stereocenters. The average Bonchev–Trinajstić information content (AvgIpc) is 2.34. The van der Waals surface area contributed by atoms with Crippen molar-refractivity contribution in [1.29, 1.82) is 0 Å². The summed E-state index contributed by atoms with van der Waals surface area (Å²) in [4.78, 5) is 2.43. The van der Waals surface area contributed by atoms with Crippen molar-refractivity contribution in [3.63, 3.8) is 0 Å². The number of phenols is 1. The van der Waals surface area contributed by atoms with Crippen LogP contribution in [0.5, 0.6) is 5.75 Å². The maximum absolute atomic E-state index is 10.2. The molecule has 0 aliphatic carbocycles. The first-order valence-electron chi connectivity index (χ1n) is 6.26. The molecule has 1 aromatic rings. The van der Waals surface area contributed by atoms with E-state index in [2.05, 4.69) is 49.0 Å². The van der Waals surface area contributed by atoms with Gasteiger partial charge in [0, 0.05) is 46.7 Å². The van der Waals surface area contributed by atoms with E-state index in [1.807, 2.05) is 6.07 Å². The molecular weight excluding hydrogens is 360 g/mol. The molecule has 0 saturated carbocycles. The largest absolute Gasteiger partial charge is 0.508 e. The summed E-state index contributed by atoms with van der Waals surface area (Å²) in [6.45, 7) is 6.26. The number of hydrogen-bond acceptors (Lipinski definition) is 3. The number of rotatable bonds is 3. The van der Waals surface area contributed by atoms with E-state index in [-0.39, 0.29) is 6.04 Å². The zero-order chi connectivity index (χ0) is 13.1. The number of benzene rings is 1. The van der Waals surface area contributed by atoms with Crippen molar-refractivity contribution in [2.45, 2.75) is 19.4 Å². The summed E-state index contributed by atoms with van der Waals surface area (Å²) in [5.74, 6) is 0.363. The van der Waals surface area contributed by atoms with Gasteiger partial charge in [-0.3, -0.25) is 4.90 Å². The van der Waals surface area contributed by atoms with E-state index in [1.165, 1.54) is 0 Å². The van der Waals surface area contributed by atoms with Gasteiger partial charge < -0.3 is 10.4 Å². The van der Waals surface area contributed by atoms with Crippen molar-refractivity contribution < 1.29 is 5.11 Å². The number of nitrogens with one attached hydrogen (secondary N) is 1. The molecule has 0 bridgehead atoms. The van der Waals surface area contributed by atoms with Crippen molar-refractivity contribution >= 4 is 31.9 Å². The Morgan fingerprint density at radius 2 is 2.00 bits per heavy atom. The number of piperazine rings is 1. The summed E-state index contributed by atoms with van der Waals surface area (Å²) in [7, 11) is 0. The van der Waals surface area contributed by atoms with Crippen molar-refractivity contribution in [3.8, 4) is 5.75 Å². The van der Waals surface area contributed by atoms with Crippen LogP contribution in [0.2, 0.25) is 0 Å². The molecule has 1 heterocycles. The SMILES string of the molecule is CC[C@@H](c1c(O)cc(Br)cc1Br)N1CCNCC1. The van der Waals surface area contributed by atoms with Crippen LogP contribution in [0.15, 0.2) is 21.1 Å². The highest BCUT2D eigenvalue weighted by Crippen LogP contribution is 2.39. The van der Waals surface area contributed by atoms with E-state index in [9.17, 15) is 5.11 Å². The Kier molecular flexibility index (Phi) is 5.06. The first-order chi connectivity index (χ1) is 8.63. The predicted molar refractivity (Wildman–Crippen MR) is 81.0 cm³/mol. The Morgan fingerprint density at radius 1 is 1.33 bits per heavy atom. The van der Waals surface area contributed by atoms with Gasteiger partial charge >= 0.3 is 0 Å². The lowest BCUT2D eigenvalue weighted by molar-refractivity contribution is 0.166. The fourth-order valence-electron chi connectivity index (χ4n) is 2.54. The van der Waals surface area contributed by atoms with E-state index < -0.39 is 0 Å². The fraction of sp³-hybridized carbons (Fsp3) is 0.538. The normalized spacial score (nSPS) is 18.8. The van der Waals surface area contributed by atoms with E-state index in [4.69, 9.17) is 0 Å². The first-order valence-corrected chi connectivity index (χ1v) is 7.84. The summed E-state index contributed by atoms with van der Waals surface area (Å²) in [5, 5.41) is 13.6. The lowest BCUT2D eigenvalue weighted by atomic mass is 10.0. The van der Waals surface area contributed by atoms with Gasteiger partial charge in [-0.25, -0.2) is 0 Å². The van der Waals surface area contributed by atoms with Crippen LogP contribution < -0.4 is 5.32 Å². The summed E-state index contributed by atoms with van der Waals surface area (Å²) < 4.78 is 1.87. The van der Waals surface area contributed by atoms with Gasteiger partial charge in [-0.15, -0.1) is 0 Å². The molecule has 1 atom stereocenters. The molecule has 2 N–H and O–H groups in total. The van der Waals surface area contributed by atoms with Gasteiger partial charge in [-0.1, -0.05) is 38.8 Å². The van der Waals surface area contributed by atoms with Gasteiger partial charge in [0.15, 0.2) is 0 Å². The Balaban J connectivity index is 2.32. The number of aromatic hydroxyl groups is 1. The van der Waals surface area contributed by atoms with E-state index in [1.54, 1.807) is 6.07 Å². The zero-order valence-electron chi connectivity index (χ0n) is 10.4. The van der Waals surface area contributed by atoms with Crippen molar-refractivity contribution in [2.75, 3.05) is 26.2 Å². The minimum absolute atomic E-state index is 0.273. The number of phenolic OH excluding ortho intramolecular Hbond substituents is 1. The van der Waals surface area contributed by atoms with E-state index >= 15 is 0 Å². The minimum Gasteiger partial charge on any atom is -0.508 e. The average molecular weight is 378 g/mol. The minimum atomic E-state index is 0.273. The van der Waals surface area contributed by atoms with Gasteiger partial charge in [-0.05, 0) is 18.6 Å². The summed E-state index contributed by atoms with van der Waals surface area (Å²) in [6.07, 6.45) is 0.994. The molecule has 1 aliphatic heterocycles. The monoisotopic (exact) mass is 376 g/mol. The Hall–Kier alpha value is -0.100. The molecule has 3 nitrogen and oxygen atoms in total. The molecule has 0 spiro atoms. The van der Waals surface area contributed by atoms with Crippen molar-refractivity contribution in [3.05, 3.63) is 26.6 Å². The molecule has 18 heavy (non-hydrogen) atoms. The first kappa shape index (κ1) is 14.3. The maximum Gasteiger partial charge on any atom is 0.122 e. The number of nitrogens with zero attached hydrogens (tertiary/aromatic N) is 1. The van der Waals surface area contributed by atoms with Crippen LogP contribution in [0.1, 0.15) is 24.9 Å². The van der Waals surface area contributed by atoms with Crippen LogP contribution in [-0.4, -0.2) is 36.2 Å². The van der Waals surface area contributed by atoms with Gasteiger partial charge in [0.25, 0.3) is 0 Å². The highest BCUT2D eigenvalue weighted by Gasteiger charge is 2.25. The van der Waals surface area contributed by atoms with Crippen LogP contribution in [-0.2, 0) is 0 Å². The lowest BCUT2D eigenvalue weighted by Crippen LogP contribution is -2.45. The van der Waals surface area contributed by atoms with Crippen LogP contribution in [0.4, 0.5) is 0 Å². The Labute approximate surface area is 125 Å². The molecule has 5 heteroatoms. The number of halogens is 2. The van der Waals surface area contributed by atoms with Gasteiger partial charge in [-0.2, -0.15) is 0 Å². The highest BCUT2D eigenvalue weighted by molar-refractivity contribution is 9.11. The lowest BCUT2D eigenvalue weighted by Gasteiger charge is -2.35. The molecule has 1 aliphatic rings. The molecule has 1 saturated heterocycles. The molecule has 1 fully saturated rings. The molecule has 0 amide bonds. The second-order valence-corrected chi connectivity index (χ2v) is 6.30. The van der Waals surface area contributed by atoms with Crippen molar-refractivity contribution in [2.24, 2.45) is 0 Å². The smallest absolute Gasteiger partial charge is 0.122 e. The highest BCUT2D eigenvalue weighted by atomic mass is 79.9. The molecule has 100 valence electrons.